The Labute approximate surface area is 151 Å². The molecule has 4 heteroatoms. The number of rotatable bonds is 1. The number of halogens is 3. The number of hydrogen-bond acceptors (Lipinski definition) is 1. The van der Waals surface area contributed by atoms with Crippen LogP contribution in [0, 0.1) is 12.8 Å². The molecule has 0 bridgehead atoms. The Hall–Kier alpha value is -1.15. The molecule has 23 heavy (non-hydrogen) atoms. The van der Waals surface area contributed by atoms with Crippen LogP contribution in [-0.4, -0.2) is 0 Å². The van der Waals surface area contributed by atoms with Crippen LogP contribution in [0.25, 0.3) is 0 Å². The van der Waals surface area contributed by atoms with E-state index in [1.165, 1.54) is 11.1 Å². The molecule has 3 atom stereocenters. The highest BCUT2D eigenvalue weighted by molar-refractivity contribution is 6.35. The maximum absolute atomic E-state index is 6.51. The van der Waals surface area contributed by atoms with Crippen molar-refractivity contribution >= 4 is 40.5 Å². The summed E-state index contributed by atoms with van der Waals surface area (Å²) in [5.41, 5.74) is 4.66. The number of allylic oxidation sites excluding steroid dienone is 2. The molecular weight excluding hydrogens is 349 g/mol. The summed E-state index contributed by atoms with van der Waals surface area (Å²) in [7, 11) is 0. The van der Waals surface area contributed by atoms with Gasteiger partial charge in [-0.25, -0.2) is 0 Å². The van der Waals surface area contributed by atoms with Crippen molar-refractivity contribution in [1.82, 2.24) is 0 Å². The molecule has 2 aliphatic rings. The summed E-state index contributed by atoms with van der Waals surface area (Å²) < 4.78 is 0. The van der Waals surface area contributed by atoms with Crippen molar-refractivity contribution in [3.8, 4) is 0 Å². The van der Waals surface area contributed by atoms with Crippen LogP contribution in [0.2, 0.25) is 15.1 Å². The summed E-state index contributed by atoms with van der Waals surface area (Å²) >= 11 is 19.0. The fraction of sp³-hybridized carbons (Fsp3) is 0.263. The van der Waals surface area contributed by atoms with Gasteiger partial charge in [0.15, 0.2) is 0 Å². The lowest BCUT2D eigenvalue weighted by Gasteiger charge is -2.39. The van der Waals surface area contributed by atoms with Crippen molar-refractivity contribution in [2.24, 2.45) is 5.92 Å². The van der Waals surface area contributed by atoms with Gasteiger partial charge < -0.3 is 5.32 Å². The minimum absolute atomic E-state index is 0.157. The summed E-state index contributed by atoms with van der Waals surface area (Å²) in [6.07, 6.45) is 5.55. The third-order valence-corrected chi connectivity index (χ3v) is 5.86. The van der Waals surface area contributed by atoms with Crippen LogP contribution in [0.5, 0.6) is 0 Å². The lowest BCUT2D eigenvalue weighted by atomic mass is 9.76. The van der Waals surface area contributed by atoms with E-state index in [4.69, 9.17) is 34.8 Å². The van der Waals surface area contributed by atoms with Crippen molar-refractivity contribution in [2.45, 2.75) is 25.3 Å². The summed E-state index contributed by atoms with van der Waals surface area (Å²) in [6, 6.07) is 9.97. The molecule has 0 saturated heterocycles. The standard InChI is InChI=1S/C19H16Cl3N/c1-10-5-8-15(21)17-12-3-2-4-13(12)19(23-18(10)17)14-7-6-11(20)9-16(14)22/h2-3,5-9,12-13,19,23H,4H2,1H3/t12-,13-,19+/m1/s1. The van der Waals surface area contributed by atoms with E-state index in [0.717, 1.165) is 22.7 Å². The molecule has 1 aliphatic carbocycles. The molecule has 1 heterocycles. The van der Waals surface area contributed by atoms with E-state index in [1.807, 2.05) is 24.3 Å². The quantitative estimate of drug-likeness (QED) is 0.550. The Balaban J connectivity index is 1.86. The molecular formula is C19H16Cl3N. The topological polar surface area (TPSA) is 12.0 Å². The molecule has 0 unspecified atom stereocenters. The smallest absolute Gasteiger partial charge is 0.0568 e. The number of aryl methyl sites for hydroxylation is 1. The molecule has 0 spiro atoms. The van der Waals surface area contributed by atoms with Gasteiger partial charge in [-0.3, -0.25) is 0 Å². The van der Waals surface area contributed by atoms with E-state index < -0.39 is 0 Å². The molecule has 0 saturated carbocycles. The third-order valence-electron chi connectivity index (χ3n) is 4.97. The Kier molecular flexibility index (Phi) is 3.84. The monoisotopic (exact) mass is 363 g/mol. The average molecular weight is 365 g/mol. The zero-order valence-electron chi connectivity index (χ0n) is 12.6. The van der Waals surface area contributed by atoms with Gasteiger partial charge in [0, 0.05) is 32.2 Å². The summed E-state index contributed by atoms with van der Waals surface area (Å²) in [6.45, 7) is 2.11. The zero-order valence-corrected chi connectivity index (χ0v) is 14.9. The van der Waals surface area contributed by atoms with Gasteiger partial charge in [0.1, 0.15) is 0 Å². The number of nitrogens with one attached hydrogen (secondary N) is 1. The lowest BCUT2D eigenvalue weighted by molar-refractivity contribution is 0.425. The molecule has 118 valence electrons. The minimum atomic E-state index is 0.157. The predicted molar refractivity (Wildman–Crippen MR) is 99.0 cm³/mol. The van der Waals surface area contributed by atoms with Crippen LogP contribution < -0.4 is 5.32 Å². The SMILES string of the molecule is Cc1ccc(Cl)c2c1N[C@H](c1ccc(Cl)cc1Cl)[C@@H]1CC=C[C@@H]21. The molecule has 4 rings (SSSR count). The van der Waals surface area contributed by atoms with Gasteiger partial charge in [-0.05, 0) is 48.6 Å². The second-order valence-electron chi connectivity index (χ2n) is 6.29. The Bertz CT molecular complexity index is 813. The van der Waals surface area contributed by atoms with Crippen LogP contribution in [0.1, 0.15) is 35.1 Å². The van der Waals surface area contributed by atoms with Crippen molar-refractivity contribution in [3.05, 3.63) is 74.2 Å². The Morgan fingerprint density at radius 3 is 2.65 bits per heavy atom. The van der Waals surface area contributed by atoms with Gasteiger partial charge in [0.2, 0.25) is 0 Å². The van der Waals surface area contributed by atoms with Crippen LogP contribution in [-0.2, 0) is 0 Å². The lowest BCUT2D eigenvalue weighted by Crippen LogP contribution is -2.30. The van der Waals surface area contributed by atoms with Gasteiger partial charge in [0.25, 0.3) is 0 Å². The highest BCUT2D eigenvalue weighted by Gasteiger charge is 2.40. The molecule has 0 aromatic heterocycles. The first-order valence-corrected chi connectivity index (χ1v) is 8.87. The maximum Gasteiger partial charge on any atom is 0.0568 e. The molecule has 0 fully saturated rings. The number of hydrogen-bond donors (Lipinski definition) is 1. The van der Waals surface area contributed by atoms with Gasteiger partial charge in [0.05, 0.1) is 6.04 Å². The summed E-state index contributed by atoms with van der Waals surface area (Å²) in [4.78, 5) is 0. The highest BCUT2D eigenvalue weighted by atomic mass is 35.5. The van der Waals surface area contributed by atoms with Gasteiger partial charge in [-0.2, -0.15) is 0 Å². The van der Waals surface area contributed by atoms with E-state index >= 15 is 0 Å². The van der Waals surface area contributed by atoms with E-state index in [-0.39, 0.29) is 6.04 Å². The molecule has 2 aromatic carbocycles. The second kappa shape index (κ2) is 5.73. The van der Waals surface area contributed by atoms with E-state index in [2.05, 4.69) is 30.5 Å². The summed E-state index contributed by atoms with van der Waals surface area (Å²) in [5.74, 6) is 0.746. The maximum atomic E-state index is 6.51. The van der Waals surface area contributed by atoms with E-state index in [1.54, 1.807) is 0 Å². The molecule has 0 radical (unpaired) electrons. The second-order valence-corrected chi connectivity index (χ2v) is 7.55. The first-order chi connectivity index (χ1) is 11.1. The zero-order chi connectivity index (χ0) is 16.1. The fourth-order valence-electron chi connectivity index (χ4n) is 3.87. The largest absolute Gasteiger partial charge is 0.377 e. The highest BCUT2D eigenvalue weighted by Crippen LogP contribution is 2.53. The van der Waals surface area contributed by atoms with Gasteiger partial charge in [-0.15, -0.1) is 0 Å². The van der Waals surface area contributed by atoms with Crippen LogP contribution in [0.15, 0.2) is 42.5 Å². The normalized spacial score (nSPS) is 25.0. The first-order valence-electron chi connectivity index (χ1n) is 7.73. The summed E-state index contributed by atoms with van der Waals surface area (Å²) in [5, 5.41) is 5.91. The molecule has 1 N–H and O–H groups in total. The molecule has 1 aliphatic heterocycles. The number of benzene rings is 2. The Morgan fingerprint density at radius 1 is 1.04 bits per heavy atom. The van der Waals surface area contributed by atoms with Crippen molar-refractivity contribution in [1.29, 1.82) is 0 Å². The van der Waals surface area contributed by atoms with Crippen LogP contribution in [0.3, 0.4) is 0 Å². The van der Waals surface area contributed by atoms with E-state index in [9.17, 15) is 0 Å². The van der Waals surface area contributed by atoms with Crippen LogP contribution >= 0.6 is 34.8 Å². The van der Waals surface area contributed by atoms with Crippen molar-refractivity contribution in [3.63, 3.8) is 0 Å². The van der Waals surface area contributed by atoms with Gasteiger partial charge in [-0.1, -0.05) is 59.1 Å². The fourth-order valence-corrected chi connectivity index (χ4v) is 4.68. The molecule has 2 aromatic rings. The Morgan fingerprint density at radius 2 is 1.87 bits per heavy atom. The van der Waals surface area contributed by atoms with E-state index in [0.29, 0.717) is 21.9 Å². The van der Waals surface area contributed by atoms with Crippen LogP contribution in [0.4, 0.5) is 5.69 Å². The number of fused-ring (bicyclic) bond motifs is 3. The van der Waals surface area contributed by atoms with Crippen molar-refractivity contribution < 1.29 is 0 Å². The molecule has 0 amide bonds. The first kappa shape index (κ1) is 15.4. The number of anilines is 1. The average Bonchev–Trinajstić information content (AvgIpc) is 3.00. The predicted octanol–water partition coefficient (Wildman–Crippen LogP) is 6.78. The minimum Gasteiger partial charge on any atom is -0.377 e. The molecule has 1 nitrogen and oxygen atoms in total. The third kappa shape index (κ3) is 2.46. The van der Waals surface area contributed by atoms with Gasteiger partial charge >= 0.3 is 0 Å². The van der Waals surface area contributed by atoms with Crippen molar-refractivity contribution in [2.75, 3.05) is 5.32 Å².